The number of aromatic amines is 1. The van der Waals surface area contributed by atoms with E-state index in [4.69, 9.17) is 9.47 Å². The first kappa shape index (κ1) is 19.3. The number of nitrogens with one attached hydrogen (secondary N) is 1. The van der Waals surface area contributed by atoms with Crippen LogP contribution in [0.25, 0.3) is 11.3 Å². The quantitative estimate of drug-likeness (QED) is 0.705. The van der Waals surface area contributed by atoms with Crippen LogP contribution in [0.15, 0.2) is 24.3 Å². The molecule has 1 saturated heterocycles. The number of piperazine rings is 1. The topological polar surface area (TPSA) is 83.6 Å². The van der Waals surface area contributed by atoms with Gasteiger partial charge in [0.15, 0.2) is 5.69 Å². The minimum atomic E-state index is -0.482. The Labute approximate surface area is 159 Å². The summed E-state index contributed by atoms with van der Waals surface area (Å²) in [5, 5.41) is 10.5. The second kappa shape index (κ2) is 9.48. The van der Waals surface area contributed by atoms with Crippen LogP contribution in [0.4, 0.5) is 0 Å². The van der Waals surface area contributed by atoms with Crippen LogP contribution in [0.5, 0.6) is 5.75 Å². The first-order chi connectivity index (χ1) is 13.2. The van der Waals surface area contributed by atoms with E-state index in [-0.39, 0.29) is 5.69 Å². The summed E-state index contributed by atoms with van der Waals surface area (Å²) in [6.45, 7) is 11.4. The average molecular weight is 373 g/mol. The minimum Gasteiger partial charge on any atom is -0.492 e. The van der Waals surface area contributed by atoms with Crippen molar-refractivity contribution in [3.63, 3.8) is 0 Å². The van der Waals surface area contributed by atoms with Gasteiger partial charge in [-0.3, -0.25) is 4.90 Å². The molecule has 0 unspecified atom stereocenters. The first-order valence-corrected chi connectivity index (χ1v) is 9.47. The molecular weight excluding hydrogens is 346 g/mol. The Hall–Kier alpha value is -2.45. The number of hydrogen-bond donors (Lipinski definition) is 1. The second-order valence-corrected chi connectivity index (χ2v) is 6.39. The molecule has 0 bridgehead atoms. The number of likely N-dealkylation sites (N-methyl/N-ethyl adjacent to an activating group) is 1. The van der Waals surface area contributed by atoms with E-state index < -0.39 is 5.97 Å². The Kier molecular flexibility index (Phi) is 6.78. The number of ether oxygens (including phenoxy) is 2. The summed E-state index contributed by atoms with van der Waals surface area (Å²) < 4.78 is 10.9. The third-order valence-corrected chi connectivity index (χ3v) is 4.73. The highest BCUT2D eigenvalue weighted by molar-refractivity contribution is 5.93. The molecule has 27 heavy (non-hydrogen) atoms. The van der Waals surface area contributed by atoms with Gasteiger partial charge >= 0.3 is 5.97 Å². The summed E-state index contributed by atoms with van der Waals surface area (Å²) in [5.74, 6) is 0.317. The Morgan fingerprint density at radius 3 is 2.44 bits per heavy atom. The van der Waals surface area contributed by atoms with Crippen LogP contribution in [-0.4, -0.2) is 83.7 Å². The zero-order valence-electron chi connectivity index (χ0n) is 16.0. The molecule has 1 aromatic heterocycles. The molecule has 0 atom stereocenters. The smallest absolute Gasteiger partial charge is 0.361 e. The monoisotopic (exact) mass is 373 g/mol. The van der Waals surface area contributed by atoms with Gasteiger partial charge in [0.2, 0.25) is 0 Å². The number of nitrogens with zero attached hydrogens (tertiary/aromatic N) is 4. The number of rotatable bonds is 8. The number of esters is 1. The number of hydrogen-bond acceptors (Lipinski definition) is 7. The molecule has 1 aliphatic heterocycles. The summed E-state index contributed by atoms with van der Waals surface area (Å²) in [7, 11) is 0. The Morgan fingerprint density at radius 1 is 1.07 bits per heavy atom. The zero-order valence-corrected chi connectivity index (χ0v) is 16.0. The minimum absolute atomic E-state index is 0.191. The largest absolute Gasteiger partial charge is 0.492 e. The van der Waals surface area contributed by atoms with Crippen LogP contribution in [0.3, 0.4) is 0 Å². The lowest BCUT2D eigenvalue weighted by molar-refractivity contribution is 0.0520. The van der Waals surface area contributed by atoms with Crippen LogP contribution in [0.2, 0.25) is 0 Å². The maximum Gasteiger partial charge on any atom is 0.361 e. The van der Waals surface area contributed by atoms with E-state index in [0.29, 0.717) is 18.9 Å². The maximum absolute atomic E-state index is 11.9. The summed E-state index contributed by atoms with van der Waals surface area (Å²) in [6, 6.07) is 7.51. The molecule has 0 aliphatic carbocycles. The van der Waals surface area contributed by atoms with Crippen LogP contribution >= 0.6 is 0 Å². The highest BCUT2D eigenvalue weighted by Gasteiger charge is 2.19. The van der Waals surface area contributed by atoms with E-state index in [9.17, 15) is 4.79 Å². The fourth-order valence-corrected chi connectivity index (χ4v) is 3.10. The van der Waals surface area contributed by atoms with Crippen LogP contribution in [0.1, 0.15) is 24.3 Å². The SMILES string of the molecule is CCOC(=O)c1n[nH]nc1-c1ccc(OCCN2CCN(CC)CC2)cc1. The van der Waals surface area contributed by atoms with Gasteiger partial charge in [0.25, 0.3) is 0 Å². The molecule has 0 saturated carbocycles. The summed E-state index contributed by atoms with van der Waals surface area (Å²) in [5.41, 5.74) is 1.46. The van der Waals surface area contributed by atoms with Crippen molar-refractivity contribution in [2.75, 3.05) is 52.5 Å². The molecule has 3 rings (SSSR count). The molecule has 1 N–H and O–H groups in total. The van der Waals surface area contributed by atoms with Crippen molar-refractivity contribution in [2.45, 2.75) is 13.8 Å². The van der Waals surface area contributed by atoms with E-state index >= 15 is 0 Å². The summed E-state index contributed by atoms with van der Waals surface area (Å²) >= 11 is 0. The Balaban J connectivity index is 1.51. The Bertz CT molecular complexity index is 723. The van der Waals surface area contributed by atoms with E-state index in [1.54, 1.807) is 6.92 Å². The average Bonchev–Trinajstić information content (AvgIpc) is 3.19. The molecule has 8 heteroatoms. The lowest BCUT2D eigenvalue weighted by Crippen LogP contribution is -2.47. The van der Waals surface area contributed by atoms with Crippen molar-refractivity contribution in [2.24, 2.45) is 0 Å². The van der Waals surface area contributed by atoms with E-state index in [1.807, 2.05) is 24.3 Å². The van der Waals surface area contributed by atoms with Gasteiger partial charge in [-0.2, -0.15) is 10.3 Å². The number of H-pyrrole nitrogens is 1. The van der Waals surface area contributed by atoms with Gasteiger partial charge in [0, 0.05) is 38.3 Å². The molecular formula is C19H27N5O3. The molecule has 1 aliphatic rings. The highest BCUT2D eigenvalue weighted by Crippen LogP contribution is 2.23. The van der Waals surface area contributed by atoms with Gasteiger partial charge in [-0.1, -0.05) is 6.92 Å². The number of benzene rings is 1. The highest BCUT2D eigenvalue weighted by atomic mass is 16.5. The fourth-order valence-electron chi connectivity index (χ4n) is 3.10. The Morgan fingerprint density at radius 2 is 1.78 bits per heavy atom. The molecule has 0 radical (unpaired) electrons. The molecule has 0 amide bonds. The predicted molar refractivity (Wildman–Crippen MR) is 102 cm³/mol. The van der Waals surface area contributed by atoms with Crippen molar-refractivity contribution >= 4 is 5.97 Å². The molecule has 146 valence electrons. The van der Waals surface area contributed by atoms with Gasteiger partial charge in [0.1, 0.15) is 18.1 Å². The molecule has 0 spiro atoms. The van der Waals surface area contributed by atoms with E-state index in [0.717, 1.165) is 50.6 Å². The second-order valence-electron chi connectivity index (χ2n) is 6.39. The lowest BCUT2D eigenvalue weighted by atomic mass is 10.1. The van der Waals surface area contributed by atoms with Gasteiger partial charge < -0.3 is 14.4 Å². The fraction of sp³-hybridized carbons (Fsp3) is 0.526. The van der Waals surface area contributed by atoms with Crippen LogP contribution in [-0.2, 0) is 4.74 Å². The van der Waals surface area contributed by atoms with Crippen LogP contribution < -0.4 is 4.74 Å². The van der Waals surface area contributed by atoms with Gasteiger partial charge in [-0.25, -0.2) is 4.79 Å². The van der Waals surface area contributed by atoms with Crippen molar-refractivity contribution < 1.29 is 14.3 Å². The molecule has 2 aromatic rings. The van der Waals surface area contributed by atoms with Gasteiger partial charge in [-0.15, -0.1) is 5.10 Å². The molecule has 1 fully saturated rings. The van der Waals surface area contributed by atoms with Crippen molar-refractivity contribution in [1.82, 2.24) is 25.2 Å². The third-order valence-electron chi connectivity index (χ3n) is 4.73. The molecule has 8 nitrogen and oxygen atoms in total. The van der Waals surface area contributed by atoms with Gasteiger partial charge in [-0.05, 0) is 37.7 Å². The molecule has 1 aromatic carbocycles. The summed E-state index contributed by atoms with van der Waals surface area (Å²) in [4.78, 5) is 16.8. The normalized spacial score (nSPS) is 15.6. The molecule has 2 heterocycles. The predicted octanol–water partition coefficient (Wildman–Crippen LogP) is 1.66. The van der Waals surface area contributed by atoms with Crippen molar-refractivity contribution in [1.29, 1.82) is 0 Å². The van der Waals surface area contributed by atoms with Gasteiger partial charge in [0.05, 0.1) is 6.61 Å². The van der Waals surface area contributed by atoms with Crippen LogP contribution in [0, 0.1) is 0 Å². The third kappa shape index (κ3) is 5.05. The van der Waals surface area contributed by atoms with E-state index in [1.165, 1.54) is 0 Å². The lowest BCUT2D eigenvalue weighted by Gasteiger charge is -2.33. The zero-order chi connectivity index (χ0) is 19.1. The number of carbonyl (C=O) groups excluding carboxylic acids is 1. The standard InChI is InChI=1S/C19H27N5O3/c1-3-23-9-11-24(12-10-23)13-14-27-16-7-5-15(6-8-16)17-18(21-22-20-17)19(25)26-4-2/h5-8H,3-4,9-14H2,1-2H3,(H,20,21,22). The maximum atomic E-state index is 11.9. The van der Waals surface area contributed by atoms with Crippen molar-refractivity contribution in [3.8, 4) is 17.0 Å². The van der Waals surface area contributed by atoms with E-state index in [2.05, 4.69) is 32.1 Å². The van der Waals surface area contributed by atoms with Crippen molar-refractivity contribution in [3.05, 3.63) is 30.0 Å². The number of aromatic nitrogens is 3. The first-order valence-electron chi connectivity index (χ1n) is 9.47. The summed E-state index contributed by atoms with van der Waals surface area (Å²) in [6.07, 6.45) is 0. The number of carbonyl (C=O) groups is 1.